The van der Waals surface area contributed by atoms with Crippen molar-refractivity contribution in [1.29, 1.82) is 0 Å². The molecule has 0 radical (unpaired) electrons. The highest BCUT2D eigenvalue weighted by molar-refractivity contribution is 6.17. The lowest BCUT2D eigenvalue weighted by atomic mass is 9.71. The van der Waals surface area contributed by atoms with Gasteiger partial charge in [0.1, 0.15) is 5.75 Å². The molecule has 0 bridgehead atoms. The van der Waals surface area contributed by atoms with Crippen LogP contribution in [0.3, 0.4) is 0 Å². The van der Waals surface area contributed by atoms with Crippen LogP contribution < -0.4 is 0 Å². The molecule has 0 aliphatic carbocycles. The van der Waals surface area contributed by atoms with Crippen LogP contribution in [0.15, 0.2) is 42.6 Å². The van der Waals surface area contributed by atoms with Crippen molar-refractivity contribution in [2.45, 2.75) is 39.2 Å². The molecule has 1 unspecified atom stereocenters. The minimum absolute atomic E-state index is 0.0353. The fourth-order valence-corrected chi connectivity index (χ4v) is 5.12. The minimum Gasteiger partial charge on any atom is -0.508 e. The van der Waals surface area contributed by atoms with Gasteiger partial charge in [-0.05, 0) is 41.8 Å². The molecule has 33 heavy (non-hydrogen) atoms. The number of rotatable bonds is 3. The second-order valence-electron chi connectivity index (χ2n) is 9.20. The summed E-state index contributed by atoms with van der Waals surface area (Å²) in [5.41, 5.74) is 0.609. The smallest absolute Gasteiger partial charge is 0.339 e. The largest absolute Gasteiger partial charge is 0.508 e. The number of nitrogens with zero attached hydrogens (tertiary/aromatic N) is 1. The summed E-state index contributed by atoms with van der Waals surface area (Å²) < 4.78 is 27.4. The van der Waals surface area contributed by atoms with Gasteiger partial charge >= 0.3 is 5.97 Å². The quantitative estimate of drug-likeness (QED) is 0.517. The summed E-state index contributed by atoms with van der Waals surface area (Å²) in [5, 5.41) is 20.7. The number of aromatic nitrogens is 1. The highest BCUT2D eigenvalue weighted by atomic mass is 19.2. The summed E-state index contributed by atoms with van der Waals surface area (Å²) in [6.07, 6.45) is 1.26. The molecule has 2 heterocycles. The third kappa shape index (κ3) is 3.55. The van der Waals surface area contributed by atoms with E-state index in [-0.39, 0.29) is 22.8 Å². The number of nitrogens with one attached hydrogen (secondary N) is 1. The van der Waals surface area contributed by atoms with Gasteiger partial charge in [0.2, 0.25) is 0 Å². The van der Waals surface area contributed by atoms with Crippen LogP contribution >= 0.6 is 0 Å². The van der Waals surface area contributed by atoms with Gasteiger partial charge in [-0.2, -0.15) is 0 Å². The first-order valence-corrected chi connectivity index (χ1v) is 10.5. The van der Waals surface area contributed by atoms with Gasteiger partial charge in [-0.3, -0.25) is 4.79 Å². The number of hydrogen-bond donors (Lipinski definition) is 3. The maximum absolute atomic E-state index is 13.9. The van der Waals surface area contributed by atoms with E-state index in [1.165, 1.54) is 29.3 Å². The minimum atomic E-state index is -1.25. The summed E-state index contributed by atoms with van der Waals surface area (Å²) in [7, 11) is 0. The Morgan fingerprint density at radius 1 is 1.09 bits per heavy atom. The maximum atomic E-state index is 13.9. The van der Waals surface area contributed by atoms with Crippen LogP contribution in [-0.2, 0) is 10.2 Å². The average Bonchev–Trinajstić information content (AvgIpc) is 3.05. The Morgan fingerprint density at radius 3 is 2.39 bits per heavy atom. The predicted octanol–water partition coefficient (Wildman–Crippen LogP) is 5.04. The molecule has 0 spiro atoms. The number of fused-ring (bicyclic) bond motifs is 3. The number of aromatic amines is 1. The van der Waals surface area contributed by atoms with Crippen LogP contribution in [0.4, 0.5) is 8.78 Å². The Balaban J connectivity index is 2.01. The molecule has 3 N–H and O–H groups in total. The van der Waals surface area contributed by atoms with E-state index >= 15 is 0 Å². The molecule has 3 aromatic rings. The van der Waals surface area contributed by atoms with Gasteiger partial charge in [0.25, 0.3) is 5.91 Å². The first-order chi connectivity index (χ1) is 15.4. The first-order valence-electron chi connectivity index (χ1n) is 10.5. The number of aliphatic carboxylic acids is 1. The molecular weight excluding hydrogens is 430 g/mol. The van der Waals surface area contributed by atoms with Gasteiger partial charge < -0.3 is 20.1 Å². The van der Waals surface area contributed by atoms with E-state index in [1.54, 1.807) is 6.07 Å². The topological polar surface area (TPSA) is 93.6 Å². The summed E-state index contributed by atoms with van der Waals surface area (Å²) in [6.45, 7) is 7.66. The standard InChI is InChI=1S/C25H24F2N2O4/c1-12(2)22-25(3,4)20-15-7-6-14(30)10-19(15)28-21(20)16(24(32)33)11-29(22)23(31)13-5-8-17(26)18(27)9-13/h5-12,22,28,30H,1-4H3,(H,32,33). The van der Waals surface area contributed by atoms with Crippen molar-refractivity contribution in [3.63, 3.8) is 0 Å². The Hall–Kier alpha value is -3.68. The number of benzene rings is 2. The summed E-state index contributed by atoms with van der Waals surface area (Å²) in [6, 6.07) is 7.11. The van der Waals surface area contributed by atoms with Crippen molar-refractivity contribution in [3.05, 3.63) is 71.1 Å². The molecule has 0 fully saturated rings. The van der Waals surface area contributed by atoms with Gasteiger partial charge in [-0.25, -0.2) is 13.6 Å². The Labute approximate surface area is 189 Å². The number of aromatic hydroxyl groups is 1. The molecule has 1 aliphatic heterocycles. The van der Waals surface area contributed by atoms with Crippen molar-refractivity contribution in [3.8, 4) is 5.75 Å². The zero-order chi connectivity index (χ0) is 24.2. The lowest BCUT2D eigenvalue weighted by Crippen LogP contribution is -2.50. The Morgan fingerprint density at radius 2 is 1.79 bits per heavy atom. The molecule has 0 saturated carbocycles. The fraction of sp³-hybridized carbons (Fsp3) is 0.280. The van der Waals surface area contributed by atoms with E-state index in [2.05, 4.69) is 4.98 Å². The van der Waals surface area contributed by atoms with Crippen LogP contribution in [0.1, 0.15) is 49.3 Å². The third-order valence-corrected chi connectivity index (χ3v) is 6.27. The fourth-order valence-electron chi connectivity index (χ4n) is 5.12. The molecule has 0 saturated heterocycles. The van der Waals surface area contributed by atoms with E-state index < -0.39 is 35.0 Å². The van der Waals surface area contributed by atoms with E-state index in [0.29, 0.717) is 16.8 Å². The normalized spacial score (nSPS) is 17.6. The lowest BCUT2D eigenvalue weighted by molar-refractivity contribution is -0.130. The van der Waals surface area contributed by atoms with Gasteiger partial charge in [-0.1, -0.05) is 27.7 Å². The number of carbonyl (C=O) groups excluding carboxylic acids is 1. The second-order valence-corrected chi connectivity index (χ2v) is 9.20. The number of carboxylic acid groups (broad SMARTS) is 1. The Bertz CT molecular complexity index is 1320. The lowest BCUT2D eigenvalue weighted by Gasteiger charge is -2.42. The summed E-state index contributed by atoms with van der Waals surface area (Å²) in [5.74, 6) is -4.22. The molecule has 8 heteroatoms. The van der Waals surface area contributed by atoms with Crippen molar-refractivity contribution >= 4 is 28.4 Å². The molecule has 1 aliphatic rings. The van der Waals surface area contributed by atoms with Crippen LogP contribution in [0, 0.1) is 17.6 Å². The number of halogens is 2. The van der Waals surface area contributed by atoms with Crippen LogP contribution in [-0.4, -0.2) is 38.0 Å². The maximum Gasteiger partial charge on any atom is 0.339 e. The van der Waals surface area contributed by atoms with E-state index in [1.807, 2.05) is 27.7 Å². The molecule has 1 atom stereocenters. The van der Waals surface area contributed by atoms with Gasteiger partial charge in [0.05, 0.1) is 11.3 Å². The summed E-state index contributed by atoms with van der Waals surface area (Å²) >= 11 is 0. The van der Waals surface area contributed by atoms with Crippen molar-refractivity contribution in [1.82, 2.24) is 9.88 Å². The molecule has 4 rings (SSSR count). The highest BCUT2D eigenvalue weighted by Gasteiger charge is 2.45. The van der Waals surface area contributed by atoms with Crippen LogP contribution in [0.25, 0.3) is 16.5 Å². The molecule has 1 amide bonds. The van der Waals surface area contributed by atoms with Gasteiger partial charge in [-0.15, -0.1) is 0 Å². The number of phenols is 1. The van der Waals surface area contributed by atoms with Gasteiger partial charge in [0.15, 0.2) is 11.6 Å². The van der Waals surface area contributed by atoms with E-state index in [4.69, 9.17) is 0 Å². The molecule has 1 aromatic heterocycles. The number of amides is 1. The van der Waals surface area contributed by atoms with Crippen LogP contribution in [0.5, 0.6) is 5.75 Å². The second kappa shape index (κ2) is 7.72. The monoisotopic (exact) mass is 454 g/mol. The SMILES string of the molecule is CC(C)C1N(C(=O)c2ccc(F)c(F)c2)C=C(C(=O)O)c2[nH]c3cc(O)ccc3c2C1(C)C. The number of H-pyrrole nitrogens is 1. The Kier molecular flexibility index (Phi) is 5.27. The number of phenolic OH excluding ortho intramolecular Hbond substituents is 1. The zero-order valence-corrected chi connectivity index (χ0v) is 18.6. The number of carbonyl (C=O) groups is 2. The van der Waals surface area contributed by atoms with E-state index in [9.17, 15) is 28.6 Å². The van der Waals surface area contributed by atoms with Gasteiger partial charge in [0, 0.05) is 40.2 Å². The van der Waals surface area contributed by atoms with Crippen molar-refractivity contribution in [2.24, 2.45) is 5.92 Å². The van der Waals surface area contributed by atoms with Crippen molar-refractivity contribution in [2.75, 3.05) is 0 Å². The summed E-state index contributed by atoms with van der Waals surface area (Å²) in [4.78, 5) is 30.3. The first kappa shape index (κ1) is 22.5. The molecule has 172 valence electrons. The molecule has 6 nitrogen and oxygen atoms in total. The third-order valence-electron chi connectivity index (χ3n) is 6.27. The molecule has 2 aromatic carbocycles. The zero-order valence-electron chi connectivity index (χ0n) is 18.6. The number of hydrogen-bond acceptors (Lipinski definition) is 3. The number of carboxylic acids is 1. The van der Waals surface area contributed by atoms with Crippen molar-refractivity contribution < 1.29 is 28.6 Å². The van der Waals surface area contributed by atoms with Crippen LogP contribution in [0.2, 0.25) is 0 Å². The molecular formula is C25H24F2N2O4. The highest BCUT2D eigenvalue weighted by Crippen LogP contribution is 2.46. The average molecular weight is 454 g/mol. The van der Waals surface area contributed by atoms with E-state index in [0.717, 1.165) is 17.5 Å². The predicted molar refractivity (Wildman–Crippen MR) is 120 cm³/mol.